The second-order valence-corrected chi connectivity index (χ2v) is 7.56. The van der Waals surface area contributed by atoms with Crippen LogP contribution in [0.25, 0.3) is 11.0 Å². The second-order valence-electron chi connectivity index (χ2n) is 4.21. The van der Waals surface area contributed by atoms with E-state index in [0.29, 0.717) is 3.57 Å². The third-order valence-electron chi connectivity index (χ3n) is 2.93. The van der Waals surface area contributed by atoms with E-state index in [1.165, 1.54) is 18.3 Å². The Morgan fingerprint density at radius 2 is 1.90 bits per heavy atom. The normalized spacial score (nSPS) is 12.0. The van der Waals surface area contributed by atoms with Crippen molar-refractivity contribution < 1.29 is 12.8 Å². The van der Waals surface area contributed by atoms with Crippen LogP contribution in [0.5, 0.6) is 0 Å². The molecule has 2 heterocycles. The third-order valence-corrected chi connectivity index (χ3v) is 5.78. The van der Waals surface area contributed by atoms with Crippen molar-refractivity contribution >= 4 is 55.2 Å². The molecule has 0 saturated heterocycles. The van der Waals surface area contributed by atoms with Crippen molar-refractivity contribution in [1.82, 2.24) is 8.96 Å². The lowest BCUT2D eigenvalue weighted by molar-refractivity contribution is 0.588. The highest BCUT2D eigenvalue weighted by molar-refractivity contribution is 14.1. The molecule has 0 aliphatic rings. The van der Waals surface area contributed by atoms with Gasteiger partial charge in [0.1, 0.15) is 0 Å². The second kappa shape index (κ2) is 5.22. The molecular weight excluding hydrogens is 430 g/mol. The van der Waals surface area contributed by atoms with Crippen molar-refractivity contribution in [2.75, 3.05) is 0 Å². The maximum atomic E-state index is 13.5. The Balaban J connectivity index is 2.35. The summed E-state index contributed by atoms with van der Waals surface area (Å²) in [6.45, 7) is 0. The summed E-state index contributed by atoms with van der Waals surface area (Å²) in [6, 6.07) is 7.95. The van der Waals surface area contributed by atoms with E-state index in [9.17, 15) is 12.8 Å². The first-order chi connectivity index (χ1) is 9.93. The van der Waals surface area contributed by atoms with E-state index < -0.39 is 15.8 Å². The molecule has 4 nitrogen and oxygen atoms in total. The lowest BCUT2D eigenvalue weighted by Crippen LogP contribution is -2.12. The highest BCUT2D eigenvalue weighted by atomic mass is 127. The lowest BCUT2D eigenvalue weighted by atomic mass is 10.3. The molecule has 0 saturated carbocycles. The van der Waals surface area contributed by atoms with E-state index in [0.717, 1.165) is 10.2 Å². The first-order valence-corrected chi connectivity index (χ1v) is 8.64. The Morgan fingerprint density at radius 1 is 1.24 bits per heavy atom. The molecule has 2 aromatic heterocycles. The number of benzene rings is 1. The van der Waals surface area contributed by atoms with Gasteiger partial charge < -0.3 is 0 Å². The summed E-state index contributed by atoms with van der Waals surface area (Å²) in [7, 11) is -3.81. The van der Waals surface area contributed by atoms with Crippen LogP contribution in [0.2, 0.25) is 5.02 Å². The first-order valence-electron chi connectivity index (χ1n) is 5.74. The smallest absolute Gasteiger partial charge is 0.234 e. The molecule has 0 spiro atoms. The average Bonchev–Trinajstić information content (AvgIpc) is 2.82. The van der Waals surface area contributed by atoms with Gasteiger partial charge in [-0.25, -0.2) is 21.8 Å². The van der Waals surface area contributed by atoms with Crippen LogP contribution in [-0.2, 0) is 10.0 Å². The van der Waals surface area contributed by atoms with E-state index in [2.05, 4.69) is 4.98 Å². The predicted octanol–water partition coefficient (Wildman–Crippen LogP) is 3.67. The van der Waals surface area contributed by atoms with Crippen molar-refractivity contribution in [3.63, 3.8) is 0 Å². The Kier molecular flexibility index (Phi) is 3.66. The van der Waals surface area contributed by atoms with Crippen LogP contribution in [0, 0.1) is 9.39 Å². The van der Waals surface area contributed by atoms with E-state index in [1.807, 2.05) is 22.6 Å². The average molecular weight is 437 g/mol. The molecule has 0 aliphatic heterocycles. The van der Waals surface area contributed by atoms with Gasteiger partial charge in [-0.05, 0) is 34.7 Å². The Bertz CT molecular complexity index is 942. The van der Waals surface area contributed by atoms with Crippen LogP contribution in [0.15, 0.2) is 47.6 Å². The Morgan fingerprint density at radius 3 is 2.57 bits per heavy atom. The fraction of sp³-hybridized carbons (Fsp3) is 0. The summed E-state index contributed by atoms with van der Waals surface area (Å²) in [5.74, 6) is -0.683. The zero-order valence-corrected chi connectivity index (χ0v) is 14.0. The van der Waals surface area contributed by atoms with Gasteiger partial charge in [0.25, 0.3) is 10.0 Å². The van der Waals surface area contributed by atoms with E-state index >= 15 is 0 Å². The van der Waals surface area contributed by atoms with Crippen LogP contribution in [0.4, 0.5) is 4.39 Å². The Hall–Kier alpha value is -1.19. The number of hydrogen-bond donors (Lipinski definition) is 0. The number of halogens is 3. The number of hydrogen-bond acceptors (Lipinski definition) is 3. The summed E-state index contributed by atoms with van der Waals surface area (Å²) in [4.78, 5) is 4.00. The fourth-order valence-corrected chi connectivity index (χ4v) is 4.66. The number of rotatable bonds is 2. The monoisotopic (exact) mass is 436 g/mol. The van der Waals surface area contributed by atoms with Crippen molar-refractivity contribution in [3.8, 4) is 0 Å². The molecule has 3 rings (SSSR count). The molecule has 0 radical (unpaired) electrons. The van der Waals surface area contributed by atoms with Gasteiger partial charge in [0.15, 0.2) is 11.5 Å². The minimum atomic E-state index is -3.81. The van der Waals surface area contributed by atoms with Crippen LogP contribution in [0.1, 0.15) is 0 Å². The summed E-state index contributed by atoms with van der Waals surface area (Å²) in [6.07, 6.45) is 2.30. The fourth-order valence-electron chi connectivity index (χ4n) is 1.95. The molecule has 8 heteroatoms. The molecule has 3 aromatic rings. The van der Waals surface area contributed by atoms with Gasteiger partial charge in [-0.2, -0.15) is 0 Å². The van der Waals surface area contributed by atoms with Gasteiger partial charge in [0.05, 0.1) is 21.5 Å². The van der Waals surface area contributed by atoms with Crippen LogP contribution in [-0.4, -0.2) is 17.4 Å². The minimum Gasteiger partial charge on any atom is -0.234 e. The molecule has 0 bridgehead atoms. The number of pyridine rings is 1. The lowest BCUT2D eigenvalue weighted by Gasteiger charge is -2.06. The SMILES string of the molecule is O=S(=O)(c1ccccc1)n1cc(I)c2c(Cl)c(F)cnc21. The number of nitrogens with zero attached hydrogens (tertiary/aromatic N) is 2. The molecule has 0 atom stereocenters. The molecule has 0 fully saturated rings. The maximum absolute atomic E-state index is 13.5. The van der Waals surface area contributed by atoms with Gasteiger partial charge in [-0.15, -0.1) is 0 Å². The molecule has 0 N–H and O–H groups in total. The van der Waals surface area contributed by atoms with Gasteiger partial charge in [0, 0.05) is 9.77 Å². The van der Waals surface area contributed by atoms with Gasteiger partial charge >= 0.3 is 0 Å². The topological polar surface area (TPSA) is 52.0 Å². The molecule has 0 aliphatic carbocycles. The van der Waals surface area contributed by atoms with Crippen molar-refractivity contribution in [1.29, 1.82) is 0 Å². The zero-order chi connectivity index (χ0) is 15.2. The van der Waals surface area contributed by atoms with Crippen molar-refractivity contribution in [2.24, 2.45) is 0 Å². The number of aromatic nitrogens is 2. The highest BCUT2D eigenvalue weighted by Gasteiger charge is 2.23. The molecule has 0 amide bonds. The Labute approximate surface area is 138 Å². The van der Waals surface area contributed by atoms with Crippen LogP contribution >= 0.6 is 34.2 Å². The van der Waals surface area contributed by atoms with Crippen molar-refractivity contribution in [3.05, 3.63) is 57.1 Å². The zero-order valence-electron chi connectivity index (χ0n) is 10.3. The first kappa shape index (κ1) is 14.7. The summed E-state index contributed by atoms with van der Waals surface area (Å²) < 4.78 is 40.3. The van der Waals surface area contributed by atoms with Gasteiger partial charge in [-0.3, -0.25) is 0 Å². The van der Waals surface area contributed by atoms with Gasteiger partial charge in [0.2, 0.25) is 0 Å². The molecule has 108 valence electrons. The van der Waals surface area contributed by atoms with E-state index in [4.69, 9.17) is 11.6 Å². The quantitative estimate of drug-likeness (QED) is 0.576. The number of fused-ring (bicyclic) bond motifs is 1. The third kappa shape index (κ3) is 2.33. The molecular formula is C13H7ClFIN2O2S. The highest BCUT2D eigenvalue weighted by Crippen LogP contribution is 2.32. The summed E-state index contributed by atoms with van der Waals surface area (Å²) in [5.41, 5.74) is 0.106. The van der Waals surface area contributed by atoms with Crippen LogP contribution in [0.3, 0.4) is 0 Å². The predicted molar refractivity (Wildman–Crippen MR) is 86.4 cm³/mol. The maximum Gasteiger partial charge on any atom is 0.269 e. The standard InChI is InChI=1S/C13H7ClFIN2O2S/c14-12-9(15)6-17-13-11(12)10(16)7-18(13)21(19,20)8-4-2-1-3-5-8/h1-7H. The van der Waals surface area contributed by atoms with Crippen molar-refractivity contribution in [2.45, 2.75) is 4.90 Å². The molecule has 1 aromatic carbocycles. The largest absolute Gasteiger partial charge is 0.269 e. The van der Waals surface area contributed by atoms with Gasteiger partial charge in [-0.1, -0.05) is 29.8 Å². The van der Waals surface area contributed by atoms with E-state index in [-0.39, 0.29) is 21.0 Å². The minimum absolute atomic E-state index is 0.106. The summed E-state index contributed by atoms with van der Waals surface area (Å²) >= 11 is 7.82. The molecule has 21 heavy (non-hydrogen) atoms. The van der Waals surface area contributed by atoms with Crippen LogP contribution < -0.4 is 0 Å². The molecule has 0 unspecified atom stereocenters. The van der Waals surface area contributed by atoms with E-state index in [1.54, 1.807) is 18.2 Å². The summed E-state index contributed by atoms with van der Waals surface area (Å²) in [5, 5.41) is 0.156.